The van der Waals surface area contributed by atoms with E-state index < -0.39 is 36.2 Å². The summed E-state index contributed by atoms with van der Waals surface area (Å²) in [6, 6.07) is 3.43. The van der Waals surface area contributed by atoms with Crippen LogP contribution in [0.25, 0.3) is 0 Å². The van der Waals surface area contributed by atoms with E-state index in [1.165, 1.54) is 32.9 Å². The largest absolute Gasteiger partial charge is 0.508 e. The van der Waals surface area contributed by atoms with Crippen LogP contribution in [0.1, 0.15) is 33.3 Å². The van der Waals surface area contributed by atoms with Crippen molar-refractivity contribution in [3.8, 4) is 11.5 Å². The number of nitrogens with two attached hydrogens (primary N) is 1. The van der Waals surface area contributed by atoms with Crippen molar-refractivity contribution < 1.29 is 42.9 Å². The van der Waals surface area contributed by atoms with Crippen LogP contribution in [0.4, 0.5) is 4.79 Å². The normalized spacial score (nSPS) is 12.3. The van der Waals surface area contributed by atoms with Gasteiger partial charge in [0.1, 0.15) is 18.8 Å². The Bertz CT molecular complexity index is 747. The minimum absolute atomic E-state index is 0.0296. The lowest BCUT2D eigenvalue weighted by molar-refractivity contribution is -0.152. The average molecular weight is 411 g/mol. The zero-order chi connectivity index (χ0) is 22.0. The van der Waals surface area contributed by atoms with E-state index in [-0.39, 0.29) is 31.1 Å². The lowest BCUT2D eigenvalue weighted by Crippen LogP contribution is -2.37. The van der Waals surface area contributed by atoms with Crippen molar-refractivity contribution in [2.75, 3.05) is 13.2 Å². The standard InChI is InChI=1S/C19H25NO9/c1-5-25-19(24)26-10-11(2)27-18(23)15(20)8-14-6-7-16(28-12(3)21)17(9-14)29-13(4)22/h6-7,9,11,15H,5,8,10,20H2,1-4H3/t11-,15-/m0/s1. The summed E-state index contributed by atoms with van der Waals surface area (Å²) in [5, 5.41) is 0. The first-order chi connectivity index (χ1) is 13.6. The highest BCUT2D eigenvalue weighted by atomic mass is 16.7. The maximum Gasteiger partial charge on any atom is 0.508 e. The molecule has 0 saturated heterocycles. The molecule has 0 unspecified atom stereocenters. The predicted octanol–water partition coefficient (Wildman–Crippen LogP) is 1.51. The SMILES string of the molecule is CCOC(=O)OC[C@H](C)OC(=O)[C@@H](N)Cc1ccc(OC(C)=O)c(OC(C)=O)c1. The second-order valence-electron chi connectivity index (χ2n) is 6.02. The molecule has 0 aliphatic carbocycles. The Labute approximate surface area is 168 Å². The Kier molecular flexibility index (Phi) is 9.60. The third kappa shape index (κ3) is 9.06. The molecule has 10 heteroatoms. The molecule has 2 N–H and O–H groups in total. The fourth-order valence-electron chi connectivity index (χ4n) is 2.16. The van der Waals surface area contributed by atoms with E-state index in [9.17, 15) is 19.2 Å². The molecule has 0 aliphatic heterocycles. The molecule has 0 fully saturated rings. The van der Waals surface area contributed by atoms with E-state index in [1.54, 1.807) is 13.0 Å². The highest BCUT2D eigenvalue weighted by Crippen LogP contribution is 2.29. The highest BCUT2D eigenvalue weighted by Gasteiger charge is 2.21. The Morgan fingerprint density at radius 3 is 2.21 bits per heavy atom. The van der Waals surface area contributed by atoms with Gasteiger partial charge in [-0.3, -0.25) is 14.4 Å². The van der Waals surface area contributed by atoms with Crippen LogP contribution < -0.4 is 15.2 Å². The summed E-state index contributed by atoms with van der Waals surface area (Å²) in [5.74, 6) is -1.79. The van der Waals surface area contributed by atoms with Gasteiger partial charge in [-0.05, 0) is 38.0 Å². The summed E-state index contributed by atoms with van der Waals surface area (Å²) < 4.78 is 24.5. The van der Waals surface area contributed by atoms with Gasteiger partial charge < -0.3 is 29.4 Å². The molecule has 0 saturated carbocycles. The van der Waals surface area contributed by atoms with Gasteiger partial charge in [0.15, 0.2) is 11.5 Å². The van der Waals surface area contributed by atoms with Crippen LogP contribution in [0, 0.1) is 0 Å². The minimum atomic E-state index is -1.02. The van der Waals surface area contributed by atoms with Crippen LogP contribution in [0.3, 0.4) is 0 Å². The Morgan fingerprint density at radius 2 is 1.62 bits per heavy atom. The maximum atomic E-state index is 12.1. The number of benzene rings is 1. The third-order valence-corrected chi connectivity index (χ3v) is 3.29. The summed E-state index contributed by atoms with van der Waals surface area (Å²) in [4.78, 5) is 45.7. The van der Waals surface area contributed by atoms with Gasteiger partial charge >= 0.3 is 24.1 Å². The number of hydrogen-bond donors (Lipinski definition) is 1. The molecule has 1 aromatic rings. The molecular weight excluding hydrogens is 386 g/mol. The summed E-state index contributed by atoms with van der Waals surface area (Å²) >= 11 is 0. The van der Waals surface area contributed by atoms with Gasteiger partial charge in [-0.25, -0.2) is 4.79 Å². The summed E-state index contributed by atoms with van der Waals surface area (Å²) in [5.41, 5.74) is 6.42. The van der Waals surface area contributed by atoms with Crippen LogP contribution in [-0.2, 0) is 35.0 Å². The van der Waals surface area contributed by atoms with Crippen LogP contribution in [0.5, 0.6) is 11.5 Å². The molecule has 0 radical (unpaired) electrons. The average Bonchev–Trinajstić information content (AvgIpc) is 2.61. The van der Waals surface area contributed by atoms with Crippen LogP contribution in [0.15, 0.2) is 18.2 Å². The van der Waals surface area contributed by atoms with Crippen molar-refractivity contribution in [3.63, 3.8) is 0 Å². The second-order valence-corrected chi connectivity index (χ2v) is 6.02. The summed E-state index contributed by atoms with van der Waals surface area (Å²) in [6.45, 7) is 5.58. The smallest absolute Gasteiger partial charge is 0.458 e. The molecule has 160 valence electrons. The van der Waals surface area contributed by atoms with E-state index in [2.05, 4.69) is 4.74 Å². The van der Waals surface area contributed by atoms with Crippen molar-refractivity contribution in [1.82, 2.24) is 0 Å². The fourth-order valence-corrected chi connectivity index (χ4v) is 2.16. The van der Waals surface area contributed by atoms with Crippen molar-refractivity contribution >= 4 is 24.1 Å². The second kappa shape index (κ2) is 11.6. The first-order valence-corrected chi connectivity index (χ1v) is 8.87. The van der Waals surface area contributed by atoms with Gasteiger partial charge in [0.2, 0.25) is 0 Å². The topological polar surface area (TPSA) is 140 Å². The lowest BCUT2D eigenvalue weighted by Gasteiger charge is -2.17. The Balaban J connectivity index is 2.70. The Hall–Kier alpha value is -3.14. The molecule has 0 aromatic heterocycles. The van der Waals surface area contributed by atoms with Crippen molar-refractivity contribution in [2.45, 2.75) is 46.3 Å². The van der Waals surface area contributed by atoms with Crippen molar-refractivity contribution in [3.05, 3.63) is 23.8 Å². The van der Waals surface area contributed by atoms with Gasteiger partial charge in [0, 0.05) is 13.8 Å². The zero-order valence-electron chi connectivity index (χ0n) is 16.8. The summed E-state index contributed by atoms with van der Waals surface area (Å²) in [7, 11) is 0. The van der Waals surface area contributed by atoms with E-state index in [1.807, 2.05) is 0 Å². The number of rotatable bonds is 9. The Morgan fingerprint density at radius 1 is 1.00 bits per heavy atom. The van der Waals surface area contributed by atoms with Crippen molar-refractivity contribution in [1.29, 1.82) is 0 Å². The molecule has 0 heterocycles. The quantitative estimate of drug-likeness (QED) is 0.469. The molecule has 0 bridgehead atoms. The minimum Gasteiger partial charge on any atom is -0.458 e. The van der Waals surface area contributed by atoms with Crippen molar-refractivity contribution in [2.24, 2.45) is 5.73 Å². The third-order valence-electron chi connectivity index (χ3n) is 3.29. The fraction of sp³-hybridized carbons (Fsp3) is 0.474. The van der Waals surface area contributed by atoms with Crippen LogP contribution in [0.2, 0.25) is 0 Å². The molecule has 10 nitrogen and oxygen atoms in total. The van der Waals surface area contributed by atoms with E-state index in [4.69, 9.17) is 24.7 Å². The molecule has 1 aromatic carbocycles. The van der Waals surface area contributed by atoms with Crippen LogP contribution >= 0.6 is 0 Å². The molecule has 29 heavy (non-hydrogen) atoms. The first kappa shape index (κ1) is 23.9. The van der Waals surface area contributed by atoms with Crippen LogP contribution in [-0.4, -0.2) is 49.4 Å². The van der Waals surface area contributed by atoms with Gasteiger partial charge in [-0.1, -0.05) is 6.07 Å². The highest BCUT2D eigenvalue weighted by molar-refractivity contribution is 5.76. The zero-order valence-corrected chi connectivity index (χ0v) is 16.8. The first-order valence-electron chi connectivity index (χ1n) is 8.87. The number of hydrogen-bond acceptors (Lipinski definition) is 10. The molecule has 0 aliphatic rings. The molecule has 0 spiro atoms. The number of carbonyl (C=O) groups excluding carboxylic acids is 4. The van der Waals surface area contributed by atoms with Gasteiger partial charge in [0.25, 0.3) is 0 Å². The predicted molar refractivity (Wildman–Crippen MR) is 99.3 cm³/mol. The number of carbonyl (C=O) groups is 4. The molecular formula is C19H25NO9. The molecule has 0 amide bonds. The van der Waals surface area contributed by atoms with Gasteiger partial charge in [0.05, 0.1) is 6.61 Å². The molecule has 2 atom stereocenters. The maximum absolute atomic E-state index is 12.1. The monoisotopic (exact) mass is 411 g/mol. The van der Waals surface area contributed by atoms with Gasteiger partial charge in [-0.2, -0.15) is 0 Å². The van der Waals surface area contributed by atoms with E-state index in [0.29, 0.717) is 5.56 Å². The van der Waals surface area contributed by atoms with Gasteiger partial charge in [-0.15, -0.1) is 0 Å². The number of ether oxygens (including phenoxy) is 5. The molecule has 1 rings (SSSR count). The van der Waals surface area contributed by atoms with E-state index >= 15 is 0 Å². The van der Waals surface area contributed by atoms with E-state index in [0.717, 1.165) is 0 Å². The number of esters is 3. The lowest BCUT2D eigenvalue weighted by atomic mass is 10.1. The summed E-state index contributed by atoms with van der Waals surface area (Å²) in [6.07, 6.45) is -1.51.